The molecule has 2 amide bonds. The van der Waals surface area contributed by atoms with Gasteiger partial charge >= 0.3 is 6.03 Å². The monoisotopic (exact) mass is 377 g/mol. The number of hydrogen-bond donors (Lipinski definition) is 3. The van der Waals surface area contributed by atoms with Crippen molar-refractivity contribution >= 4 is 6.03 Å². The van der Waals surface area contributed by atoms with Crippen molar-refractivity contribution in [2.75, 3.05) is 39.3 Å². The second-order valence-electron chi connectivity index (χ2n) is 8.45. The van der Waals surface area contributed by atoms with Gasteiger partial charge in [0.05, 0.1) is 6.04 Å². The largest absolute Gasteiger partial charge is 0.334 e. The lowest BCUT2D eigenvalue weighted by Gasteiger charge is -2.47. The number of amides is 2. The van der Waals surface area contributed by atoms with Gasteiger partial charge in [0.1, 0.15) is 25.5 Å². The van der Waals surface area contributed by atoms with E-state index in [1.54, 1.807) is 0 Å². The quantitative estimate of drug-likeness (QED) is 0.685. The second kappa shape index (κ2) is 7.73. The Morgan fingerprint density at radius 3 is 2.63 bits per heavy atom. The number of benzene rings is 1. The Morgan fingerprint density at radius 2 is 1.93 bits per heavy atom. The Balaban J connectivity index is 1.19. The summed E-state index contributed by atoms with van der Waals surface area (Å²) in [6, 6.07) is 6.80. The first-order valence-corrected chi connectivity index (χ1v) is 10.1. The van der Waals surface area contributed by atoms with Crippen LogP contribution in [-0.2, 0) is 6.42 Å². The third kappa shape index (κ3) is 4.59. The molecule has 7 heteroatoms. The molecule has 6 nitrogen and oxygen atoms in total. The maximum atomic E-state index is 13.0. The normalized spacial score (nSPS) is 33.2. The number of nitrogens with zero attached hydrogens (tertiary/aromatic N) is 2. The lowest BCUT2D eigenvalue weighted by Crippen LogP contribution is -2.66. The molecule has 4 aliphatic rings. The van der Waals surface area contributed by atoms with Crippen LogP contribution in [0.15, 0.2) is 24.3 Å². The molecule has 27 heavy (non-hydrogen) atoms. The maximum absolute atomic E-state index is 13.0. The number of carbonyl (C=O) groups excluding carboxylic acids is 1. The van der Waals surface area contributed by atoms with Crippen molar-refractivity contribution in [3.63, 3.8) is 0 Å². The molecule has 4 saturated heterocycles. The molecule has 0 spiro atoms. The van der Waals surface area contributed by atoms with Gasteiger partial charge in [-0.3, -0.25) is 0 Å². The molecule has 0 saturated carbocycles. The lowest BCUT2D eigenvalue weighted by molar-refractivity contribution is -1.11. The number of urea groups is 1. The Morgan fingerprint density at radius 1 is 1.19 bits per heavy atom. The highest BCUT2D eigenvalue weighted by Crippen LogP contribution is 2.32. The van der Waals surface area contributed by atoms with Gasteiger partial charge in [-0.2, -0.15) is 4.65 Å². The summed E-state index contributed by atoms with van der Waals surface area (Å²) in [6.07, 6.45) is 3.81. The summed E-state index contributed by atoms with van der Waals surface area (Å²) in [6.45, 7) is 5.00. The molecule has 1 aromatic rings. The summed E-state index contributed by atoms with van der Waals surface area (Å²) in [7, 11) is 0. The molecule has 1 aromatic carbocycles. The van der Waals surface area contributed by atoms with Crippen LogP contribution in [0.4, 0.5) is 9.18 Å². The molecule has 148 valence electrons. The minimum Gasteiger partial charge on any atom is -0.334 e. The molecule has 4 fully saturated rings. The minimum absolute atomic E-state index is 0.0773. The predicted molar refractivity (Wildman–Crippen MR) is 99.8 cm³/mol. The van der Waals surface area contributed by atoms with E-state index in [-0.39, 0.29) is 28.6 Å². The first-order valence-electron chi connectivity index (χ1n) is 10.1. The van der Waals surface area contributed by atoms with Crippen LogP contribution in [0, 0.1) is 11.7 Å². The number of rotatable bonds is 5. The zero-order valence-electron chi connectivity index (χ0n) is 15.7. The van der Waals surface area contributed by atoms with Crippen LogP contribution in [0.25, 0.3) is 0 Å². The predicted octanol–water partition coefficient (Wildman–Crippen LogP) is 1.74. The highest BCUT2D eigenvalue weighted by molar-refractivity contribution is 5.74. The van der Waals surface area contributed by atoms with Gasteiger partial charge in [0.25, 0.3) is 0 Å². The SMILES string of the molecule is O=C(NC1C[N+]2(O)CCC1CC2)N[C@H]1CCN(CCc2ccc(F)cc2)C1. The number of carbonyl (C=O) groups is 1. The number of likely N-dealkylation sites (tertiary alicyclic amines) is 1. The lowest BCUT2D eigenvalue weighted by atomic mass is 9.83. The van der Waals surface area contributed by atoms with E-state index in [0.717, 1.165) is 64.0 Å². The van der Waals surface area contributed by atoms with Crippen LogP contribution < -0.4 is 10.6 Å². The van der Waals surface area contributed by atoms with E-state index in [4.69, 9.17) is 0 Å². The smallest absolute Gasteiger partial charge is 0.315 e. The third-order valence-electron chi connectivity index (χ3n) is 6.49. The highest BCUT2D eigenvalue weighted by atomic mass is 19.1. The molecule has 4 heterocycles. The molecule has 5 rings (SSSR count). The molecule has 2 bridgehead atoms. The summed E-state index contributed by atoms with van der Waals surface area (Å²) >= 11 is 0. The Bertz CT molecular complexity index is 660. The fourth-order valence-corrected chi connectivity index (χ4v) is 4.82. The van der Waals surface area contributed by atoms with Crippen molar-refractivity contribution in [1.29, 1.82) is 0 Å². The minimum atomic E-state index is -0.202. The average Bonchev–Trinajstić information content (AvgIpc) is 3.08. The van der Waals surface area contributed by atoms with E-state index >= 15 is 0 Å². The topological polar surface area (TPSA) is 64.6 Å². The van der Waals surface area contributed by atoms with Crippen molar-refractivity contribution in [2.24, 2.45) is 5.92 Å². The number of hydrogen-bond acceptors (Lipinski definition) is 3. The summed E-state index contributed by atoms with van der Waals surface area (Å²) in [4.78, 5) is 14.7. The summed E-state index contributed by atoms with van der Waals surface area (Å²) in [5.41, 5.74) is 1.13. The Kier molecular flexibility index (Phi) is 5.34. The fraction of sp³-hybridized carbons (Fsp3) is 0.650. The van der Waals surface area contributed by atoms with Crippen molar-refractivity contribution in [1.82, 2.24) is 15.5 Å². The molecule has 4 aliphatic heterocycles. The van der Waals surface area contributed by atoms with Gasteiger partial charge in [-0.15, -0.1) is 0 Å². The van der Waals surface area contributed by atoms with E-state index in [9.17, 15) is 14.4 Å². The van der Waals surface area contributed by atoms with E-state index in [1.807, 2.05) is 12.1 Å². The van der Waals surface area contributed by atoms with Gasteiger partial charge in [-0.25, -0.2) is 14.4 Å². The summed E-state index contributed by atoms with van der Waals surface area (Å²) in [5, 5.41) is 16.6. The van der Waals surface area contributed by atoms with Gasteiger partial charge in [0, 0.05) is 38.5 Å². The van der Waals surface area contributed by atoms with Crippen LogP contribution in [-0.4, -0.2) is 72.1 Å². The van der Waals surface area contributed by atoms with Gasteiger partial charge < -0.3 is 15.5 Å². The number of piperidine rings is 3. The zero-order chi connectivity index (χ0) is 18.9. The van der Waals surface area contributed by atoms with Gasteiger partial charge in [0.15, 0.2) is 0 Å². The molecule has 0 aromatic heterocycles. The van der Waals surface area contributed by atoms with Crippen LogP contribution in [0.2, 0.25) is 0 Å². The zero-order valence-corrected chi connectivity index (χ0v) is 15.7. The molecule has 0 radical (unpaired) electrons. The molecule has 3 N–H and O–H groups in total. The van der Waals surface area contributed by atoms with E-state index in [0.29, 0.717) is 12.5 Å². The number of halogens is 1. The van der Waals surface area contributed by atoms with Gasteiger partial charge in [0.2, 0.25) is 0 Å². The number of nitrogens with one attached hydrogen (secondary N) is 2. The average molecular weight is 377 g/mol. The van der Waals surface area contributed by atoms with Crippen molar-refractivity contribution in [3.05, 3.63) is 35.6 Å². The first-order chi connectivity index (χ1) is 13.0. The highest BCUT2D eigenvalue weighted by Gasteiger charge is 2.46. The number of hydroxylamine groups is 3. The Labute approximate surface area is 159 Å². The second-order valence-corrected chi connectivity index (χ2v) is 8.45. The third-order valence-corrected chi connectivity index (χ3v) is 6.49. The standard InChI is InChI=1S/C20H29FN4O2/c21-17-3-1-15(2-4-17)5-9-24-10-6-18(13-24)22-20(26)23-19-14-25(27)11-7-16(19)8-12-25/h1-4,16,18-19,27H,5-14H2,(H-,22,23,26)/p+1/t16?,18-,19?,25?/m0/s1. The van der Waals surface area contributed by atoms with Crippen molar-refractivity contribution < 1.29 is 19.0 Å². The molecular weight excluding hydrogens is 347 g/mol. The molecule has 0 aliphatic carbocycles. The molecular formula is C20H30FN4O2+. The summed E-state index contributed by atoms with van der Waals surface area (Å²) < 4.78 is 13.1. The van der Waals surface area contributed by atoms with E-state index in [1.165, 1.54) is 12.1 Å². The molecule has 1 unspecified atom stereocenters. The van der Waals surface area contributed by atoms with Crippen LogP contribution in [0.5, 0.6) is 0 Å². The Hall–Kier alpha value is -1.70. The van der Waals surface area contributed by atoms with Gasteiger partial charge in [-0.05, 0) is 36.5 Å². The molecule has 2 atom stereocenters. The number of fused-ring (bicyclic) bond motifs is 3. The first kappa shape index (κ1) is 18.7. The number of quaternary nitrogens is 1. The summed E-state index contributed by atoms with van der Waals surface area (Å²) in [5.74, 6) is 0.297. The van der Waals surface area contributed by atoms with Crippen molar-refractivity contribution in [3.8, 4) is 0 Å². The van der Waals surface area contributed by atoms with Crippen LogP contribution in [0.3, 0.4) is 0 Å². The van der Waals surface area contributed by atoms with Crippen LogP contribution >= 0.6 is 0 Å². The maximum Gasteiger partial charge on any atom is 0.315 e. The van der Waals surface area contributed by atoms with Crippen LogP contribution in [0.1, 0.15) is 24.8 Å². The fourth-order valence-electron chi connectivity index (χ4n) is 4.82. The van der Waals surface area contributed by atoms with E-state index in [2.05, 4.69) is 15.5 Å². The van der Waals surface area contributed by atoms with E-state index < -0.39 is 0 Å². The van der Waals surface area contributed by atoms with Gasteiger partial charge in [-0.1, -0.05) is 12.1 Å². The van der Waals surface area contributed by atoms with Crippen molar-refractivity contribution in [2.45, 2.75) is 37.8 Å².